The highest BCUT2D eigenvalue weighted by Crippen LogP contribution is 2.29. The average Bonchev–Trinajstić information content (AvgIpc) is 2.16. The maximum absolute atomic E-state index is 6.02. The molecule has 0 aromatic heterocycles. The Bertz CT molecular complexity index is 194. The van der Waals surface area contributed by atoms with Crippen LogP contribution in [0.15, 0.2) is 0 Å². The van der Waals surface area contributed by atoms with E-state index in [1.54, 1.807) is 0 Å². The summed E-state index contributed by atoms with van der Waals surface area (Å²) in [6.07, 6.45) is 8.36. The Labute approximate surface area is 108 Å². The molecule has 1 aliphatic carbocycles. The van der Waals surface area contributed by atoms with E-state index in [9.17, 15) is 0 Å². The van der Waals surface area contributed by atoms with Gasteiger partial charge in [-0.15, -0.1) is 0 Å². The van der Waals surface area contributed by atoms with Crippen molar-refractivity contribution >= 4 is 0 Å². The van der Waals surface area contributed by atoms with Crippen LogP contribution >= 0.6 is 0 Å². The summed E-state index contributed by atoms with van der Waals surface area (Å²) in [6, 6.07) is 0. The van der Waals surface area contributed by atoms with Gasteiger partial charge in [-0.3, -0.25) is 0 Å². The first-order chi connectivity index (χ1) is 8.01. The highest BCUT2D eigenvalue weighted by Gasteiger charge is 2.18. The molecule has 0 saturated heterocycles. The van der Waals surface area contributed by atoms with Gasteiger partial charge >= 0.3 is 0 Å². The number of hydrogen-bond donors (Lipinski definition) is 1. The highest BCUT2D eigenvalue weighted by molar-refractivity contribution is 4.74. The van der Waals surface area contributed by atoms with Gasteiger partial charge in [0.2, 0.25) is 0 Å². The normalized spacial score (nSPS) is 19.1. The molecule has 0 radical (unpaired) electrons. The van der Waals surface area contributed by atoms with Crippen LogP contribution in [0.25, 0.3) is 0 Å². The second-order valence-corrected chi connectivity index (χ2v) is 6.50. The van der Waals surface area contributed by atoms with Gasteiger partial charge in [-0.05, 0) is 39.5 Å². The molecule has 2 heteroatoms. The monoisotopic (exact) mass is 241 g/mol. The van der Waals surface area contributed by atoms with Gasteiger partial charge in [0.25, 0.3) is 0 Å². The van der Waals surface area contributed by atoms with Gasteiger partial charge in [0.05, 0.1) is 6.10 Å². The summed E-state index contributed by atoms with van der Waals surface area (Å²) >= 11 is 0. The molecule has 1 aliphatic rings. The fraction of sp³-hybridized carbons (Fsp3) is 1.00. The molecule has 0 aliphatic heterocycles. The topological polar surface area (TPSA) is 21.3 Å². The number of rotatable bonds is 8. The van der Waals surface area contributed by atoms with Crippen LogP contribution in [0.3, 0.4) is 0 Å². The van der Waals surface area contributed by atoms with Crippen molar-refractivity contribution in [3.63, 3.8) is 0 Å². The summed E-state index contributed by atoms with van der Waals surface area (Å²) < 4.78 is 6.02. The Balaban J connectivity index is 2.12. The summed E-state index contributed by atoms with van der Waals surface area (Å²) in [5.74, 6) is 0.966. The Morgan fingerprint density at radius 1 is 1.29 bits per heavy atom. The molecule has 0 heterocycles. The van der Waals surface area contributed by atoms with E-state index in [2.05, 4.69) is 33.0 Å². The van der Waals surface area contributed by atoms with Gasteiger partial charge < -0.3 is 10.1 Å². The summed E-state index contributed by atoms with van der Waals surface area (Å²) in [6.45, 7) is 10.8. The molecule has 0 spiro atoms. The van der Waals surface area contributed by atoms with Crippen molar-refractivity contribution in [1.29, 1.82) is 0 Å². The minimum Gasteiger partial charge on any atom is -0.377 e. The molecule has 17 heavy (non-hydrogen) atoms. The van der Waals surface area contributed by atoms with Crippen LogP contribution < -0.4 is 5.32 Å². The molecule has 1 unspecified atom stereocenters. The summed E-state index contributed by atoms with van der Waals surface area (Å²) in [5.41, 5.74) is 0.198. The van der Waals surface area contributed by atoms with Crippen LogP contribution in [0.5, 0.6) is 0 Å². The third kappa shape index (κ3) is 7.05. The van der Waals surface area contributed by atoms with Gasteiger partial charge in [0.15, 0.2) is 0 Å². The van der Waals surface area contributed by atoms with Crippen molar-refractivity contribution in [2.24, 2.45) is 5.92 Å². The quantitative estimate of drug-likeness (QED) is 0.699. The first-order valence-electron chi connectivity index (χ1n) is 7.38. The summed E-state index contributed by atoms with van der Waals surface area (Å²) in [5, 5.41) is 3.55. The fourth-order valence-corrected chi connectivity index (χ4v) is 2.17. The molecule has 102 valence electrons. The number of hydrogen-bond acceptors (Lipinski definition) is 2. The molecule has 1 rings (SSSR count). The highest BCUT2D eigenvalue weighted by atomic mass is 16.5. The molecule has 1 saturated carbocycles. The third-order valence-corrected chi connectivity index (χ3v) is 3.58. The number of ether oxygens (including phenoxy) is 1. The molecular weight excluding hydrogens is 210 g/mol. The van der Waals surface area contributed by atoms with Gasteiger partial charge in [-0.2, -0.15) is 0 Å². The third-order valence-electron chi connectivity index (χ3n) is 3.58. The largest absolute Gasteiger partial charge is 0.377 e. The van der Waals surface area contributed by atoms with Crippen molar-refractivity contribution in [1.82, 2.24) is 5.32 Å². The standard InChI is InChI=1S/C15H31NO/c1-5-7-14(12-16-15(2,3)4)17-11-10-13-8-6-9-13/h13-14,16H,5-12H2,1-4H3. The fourth-order valence-electron chi connectivity index (χ4n) is 2.17. The van der Waals surface area contributed by atoms with Gasteiger partial charge in [0, 0.05) is 18.7 Å². The van der Waals surface area contributed by atoms with Crippen LogP contribution in [0, 0.1) is 5.92 Å². The van der Waals surface area contributed by atoms with E-state index in [1.807, 2.05) is 0 Å². The first-order valence-corrected chi connectivity index (χ1v) is 7.38. The number of nitrogens with one attached hydrogen (secondary N) is 1. The Morgan fingerprint density at radius 2 is 2.00 bits per heavy atom. The predicted octanol–water partition coefficient (Wildman–Crippen LogP) is 3.75. The van der Waals surface area contributed by atoms with E-state index in [4.69, 9.17) is 4.74 Å². The second-order valence-electron chi connectivity index (χ2n) is 6.50. The Kier molecular flexibility index (Phi) is 6.50. The first kappa shape index (κ1) is 15.0. The van der Waals surface area contributed by atoms with E-state index in [-0.39, 0.29) is 5.54 Å². The SMILES string of the molecule is CCCC(CNC(C)(C)C)OCCC1CCC1. The molecule has 0 amide bonds. The average molecular weight is 241 g/mol. The maximum Gasteiger partial charge on any atom is 0.0699 e. The van der Waals surface area contributed by atoms with E-state index >= 15 is 0 Å². The van der Waals surface area contributed by atoms with E-state index in [1.165, 1.54) is 38.5 Å². The Hall–Kier alpha value is -0.0800. The van der Waals surface area contributed by atoms with Crippen LogP contribution in [-0.4, -0.2) is 24.8 Å². The maximum atomic E-state index is 6.02. The second kappa shape index (κ2) is 7.38. The van der Waals surface area contributed by atoms with Crippen molar-refractivity contribution in [2.75, 3.05) is 13.2 Å². The van der Waals surface area contributed by atoms with Gasteiger partial charge in [0.1, 0.15) is 0 Å². The summed E-state index contributed by atoms with van der Waals surface area (Å²) in [7, 11) is 0. The molecule has 0 bridgehead atoms. The Morgan fingerprint density at radius 3 is 2.47 bits per heavy atom. The van der Waals surface area contributed by atoms with Gasteiger partial charge in [-0.1, -0.05) is 32.6 Å². The molecule has 1 atom stereocenters. The van der Waals surface area contributed by atoms with Gasteiger partial charge in [-0.25, -0.2) is 0 Å². The minimum absolute atomic E-state index is 0.198. The zero-order chi connectivity index (χ0) is 12.7. The molecule has 2 nitrogen and oxygen atoms in total. The van der Waals surface area contributed by atoms with Crippen LogP contribution in [0.4, 0.5) is 0 Å². The van der Waals surface area contributed by atoms with E-state index in [0.29, 0.717) is 6.10 Å². The zero-order valence-corrected chi connectivity index (χ0v) is 12.2. The van der Waals surface area contributed by atoms with Crippen LogP contribution in [0.1, 0.15) is 66.2 Å². The van der Waals surface area contributed by atoms with E-state index in [0.717, 1.165) is 19.1 Å². The van der Waals surface area contributed by atoms with Crippen molar-refractivity contribution < 1.29 is 4.74 Å². The van der Waals surface area contributed by atoms with Crippen molar-refractivity contribution in [2.45, 2.75) is 77.9 Å². The molecular formula is C15H31NO. The lowest BCUT2D eigenvalue weighted by Crippen LogP contribution is -2.41. The van der Waals surface area contributed by atoms with Crippen LogP contribution in [-0.2, 0) is 4.74 Å². The van der Waals surface area contributed by atoms with Crippen LogP contribution in [0.2, 0.25) is 0 Å². The smallest absolute Gasteiger partial charge is 0.0699 e. The lowest BCUT2D eigenvalue weighted by molar-refractivity contribution is 0.0293. The zero-order valence-electron chi connectivity index (χ0n) is 12.2. The summed E-state index contributed by atoms with van der Waals surface area (Å²) in [4.78, 5) is 0. The predicted molar refractivity (Wildman–Crippen MR) is 74.4 cm³/mol. The minimum atomic E-state index is 0.198. The molecule has 0 aromatic rings. The molecule has 0 aromatic carbocycles. The lowest BCUT2D eigenvalue weighted by atomic mass is 9.83. The van der Waals surface area contributed by atoms with Crippen molar-refractivity contribution in [3.05, 3.63) is 0 Å². The lowest BCUT2D eigenvalue weighted by Gasteiger charge is -2.28. The molecule has 1 fully saturated rings. The van der Waals surface area contributed by atoms with Crippen molar-refractivity contribution in [3.8, 4) is 0 Å². The molecule has 1 N–H and O–H groups in total. The van der Waals surface area contributed by atoms with E-state index < -0.39 is 0 Å².